The van der Waals surface area contributed by atoms with Crippen LogP contribution in [0, 0.1) is 0 Å². The normalized spacial score (nSPS) is 11.2. The van der Waals surface area contributed by atoms with E-state index < -0.39 is 0 Å². The van der Waals surface area contributed by atoms with Gasteiger partial charge < -0.3 is 5.32 Å². The lowest BCUT2D eigenvalue weighted by atomic mass is 9.99. The molecule has 0 amide bonds. The smallest absolute Gasteiger partial charge is 0.130 e. The maximum absolute atomic E-state index is 4.91. The third-order valence-corrected chi connectivity index (χ3v) is 6.30. The summed E-state index contributed by atoms with van der Waals surface area (Å²) in [6.45, 7) is 4.59. The van der Waals surface area contributed by atoms with Gasteiger partial charge in [0.25, 0.3) is 0 Å². The number of hydrogen-bond acceptors (Lipinski definition) is 2. The fourth-order valence-corrected chi connectivity index (χ4v) is 4.32. The van der Waals surface area contributed by atoms with Crippen molar-refractivity contribution in [3.63, 3.8) is 0 Å². The first kappa shape index (κ1) is 24.0. The SMILES string of the molecule is C=NCNC(=NCc1ccc(-c2ccccc2)cc1)c1cccc(-c2ccc(-c3ccccc3)cc2)c1. The quantitative estimate of drug-likeness (QED) is 0.178. The van der Waals surface area contributed by atoms with Gasteiger partial charge in [-0.2, -0.15) is 0 Å². The van der Waals surface area contributed by atoms with E-state index in [1.54, 1.807) is 0 Å². The zero-order valence-electron chi connectivity index (χ0n) is 20.7. The molecule has 5 aromatic rings. The van der Waals surface area contributed by atoms with E-state index in [1.807, 2.05) is 12.1 Å². The Balaban J connectivity index is 1.36. The summed E-state index contributed by atoms with van der Waals surface area (Å²) >= 11 is 0. The van der Waals surface area contributed by atoms with E-state index in [2.05, 4.69) is 138 Å². The molecule has 3 heteroatoms. The molecule has 0 aliphatic rings. The van der Waals surface area contributed by atoms with Crippen LogP contribution in [0.2, 0.25) is 0 Å². The first-order valence-corrected chi connectivity index (χ1v) is 12.4. The molecular weight excluding hydrogens is 450 g/mol. The fraction of sp³-hybridized carbons (Fsp3) is 0.0588. The number of nitrogens with zero attached hydrogens (tertiary/aromatic N) is 2. The van der Waals surface area contributed by atoms with Gasteiger partial charge in [-0.1, -0.05) is 127 Å². The van der Waals surface area contributed by atoms with E-state index in [9.17, 15) is 0 Å². The van der Waals surface area contributed by atoms with E-state index in [1.165, 1.54) is 27.8 Å². The van der Waals surface area contributed by atoms with Crippen LogP contribution in [0.5, 0.6) is 0 Å². The Bertz CT molecular complexity index is 1470. The maximum atomic E-state index is 4.91. The Morgan fingerprint density at radius 3 is 1.59 bits per heavy atom. The molecule has 0 unspecified atom stereocenters. The molecule has 1 N–H and O–H groups in total. The highest BCUT2D eigenvalue weighted by molar-refractivity contribution is 5.99. The summed E-state index contributed by atoms with van der Waals surface area (Å²) in [6, 6.07) is 46.6. The summed E-state index contributed by atoms with van der Waals surface area (Å²) < 4.78 is 0. The highest BCUT2D eigenvalue weighted by atomic mass is 15.1. The predicted octanol–water partition coefficient (Wildman–Crippen LogP) is 7.88. The summed E-state index contributed by atoms with van der Waals surface area (Å²) in [5, 5.41) is 3.32. The summed E-state index contributed by atoms with van der Waals surface area (Å²) in [7, 11) is 0. The predicted molar refractivity (Wildman–Crippen MR) is 157 cm³/mol. The van der Waals surface area contributed by atoms with Gasteiger partial charge in [0.2, 0.25) is 0 Å². The average Bonchev–Trinajstić information content (AvgIpc) is 2.98. The van der Waals surface area contributed by atoms with Crippen molar-refractivity contribution in [2.45, 2.75) is 6.54 Å². The Kier molecular flexibility index (Phi) is 7.63. The monoisotopic (exact) mass is 479 g/mol. The van der Waals surface area contributed by atoms with Gasteiger partial charge in [-0.05, 0) is 51.7 Å². The average molecular weight is 480 g/mol. The van der Waals surface area contributed by atoms with Gasteiger partial charge in [0.15, 0.2) is 0 Å². The van der Waals surface area contributed by atoms with Gasteiger partial charge in [0.1, 0.15) is 12.5 Å². The second-order valence-electron chi connectivity index (χ2n) is 8.81. The topological polar surface area (TPSA) is 36.8 Å². The number of hydrogen-bond donors (Lipinski definition) is 1. The molecule has 0 aromatic heterocycles. The zero-order valence-corrected chi connectivity index (χ0v) is 20.7. The van der Waals surface area contributed by atoms with Crippen LogP contribution in [0.25, 0.3) is 33.4 Å². The van der Waals surface area contributed by atoms with E-state index in [0.29, 0.717) is 13.2 Å². The van der Waals surface area contributed by atoms with Gasteiger partial charge in [-0.3, -0.25) is 9.98 Å². The third kappa shape index (κ3) is 6.09. The highest BCUT2D eigenvalue weighted by Gasteiger charge is 2.07. The van der Waals surface area contributed by atoms with Crippen LogP contribution in [0.3, 0.4) is 0 Å². The Hall–Kier alpha value is -4.76. The van der Waals surface area contributed by atoms with Crippen LogP contribution in [0.1, 0.15) is 11.1 Å². The number of amidine groups is 1. The maximum Gasteiger partial charge on any atom is 0.130 e. The second kappa shape index (κ2) is 11.8. The van der Waals surface area contributed by atoms with Gasteiger partial charge in [0.05, 0.1) is 6.54 Å². The minimum Gasteiger partial charge on any atom is -0.351 e. The first-order chi connectivity index (χ1) is 18.3. The molecule has 180 valence electrons. The van der Waals surface area contributed by atoms with Crippen molar-refractivity contribution in [2.75, 3.05) is 6.67 Å². The third-order valence-electron chi connectivity index (χ3n) is 6.30. The molecule has 0 fully saturated rings. The molecule has 0 saturated heterocycles. The molecule has 3 nitrogen and oxygen atoms in total. The van der Waals surface area contributed by atoms with Crippen LogP contribution in [0.4, 0.5) is 0 Å². The van der Waals surface area contributed by atoms with Crippen molar-refractivity contribution in [1.29, 1.82) is 0 Å². The van der Waals surface area contributed by atoms with Crippen LogP contribution in [0.15, 0.2) is 143 Å². The highest BCUT2D eigenvalue weighted by Crippen LogP contribution is 2.26. The number of benzene rings is 5. The summed E-state index contributed by atoms with van der Waals surface area (Å²) in [5.74, 6) is 0.808. The van der Waals surface area contributed by atoms with Gasteiger partial charge >= 0.3 is 0 Å². The molecule has 5 rings (SSSR count). The van der Waals surface area contributed by atoms with Crippen LogP contribution in [-0.2, 0) is 6.54 Å². The standard InChI is InChI=1S/C34H29N3/c1-35-25-37-34(36-24-26-15-17-29(18-16-26)27-9-4-2-5-10-27)33-14-8-13-32(23-33)31-21-19-30(20-22-31)28-11-6-3-7-12-28/h2-23H,1,24-25H2,(H,36,37). The van der Waals surface area contributed by atoms with Gasteiger partial charge in [-0.25, -0.2) is 0 Å². The lowest BCUT2D eigenvalue weighted by Crippen LogP contribution is -2.24. The van der Waals surface area contributed by atoms with Crippen molar-refractivity contribution >= 4 is 12.6 Å². The second-order valence-corrected chi connectivity index (χ2v) is 8.81. The molecule has 0 aliphatic heterocycles. The van der Waals surface area contributed by atoms with Crippen molar-refractivity contribution < 1.29 is 0 Å². The number of rotatable bonds is 8. The molecule has 0 radical (unpaired) electrons. The van der Waals surface area contributed by atoms with Gasteiger partial charge in [-0.15, -0.1) is 0 Å². The molecule has 0 bridgehead atoms. The van der Waals surface area contributed by atoms with Crippen molar-refractivity contribution in [1.82, 2.24) is 5.32 Å². The van der Waals surface area contributed by atoms with Crippen molar-refractivity contribution in [3.8, 4) is 33.4 Å². The number of aliphatic imine (C=N–C) groups is 2. The molecule has 5 aromatic carbocycles. The first-order valence-electron chi connectivity index (χ1n) is 12.4. The van der Waals surface area contributed by atoms with E-state index >= 15 is 0 Å². The molecular formula is C34H29N3. The summed E-state index contributed by atoms with van der Waals surface area (Å²) in [4.78, 5) is 8.89. The Morgan fingerprint density at radius 2 is 1.03 bits per heavy atom. The lowest BCUT2D eigenvalue weighted by molar-refractivity contribution is 0.914. The van der Waals surface area contributed by atoms with Crippen LogP contribution in [-0.4, -0.2) is 19.2 Å². The largest absolute Gasteiger partial charge is 0.351 e. The molecule has 0 atom stereocenters. The molecule has 0 aliphatic carbocycles. The van der Waals surface area contributed by atoms with Crippen molar-refractivity contribution in [2.24, 2.45) is 9.98 Å². The molecule has 37 heavy (non-hydrogen) atoms. The van der Waals surface area contributed by atoms with E-state index in [0.717, 1.165) is 22.5 Å². The zero-order chi connectivity index (χ0) is 25.3. The van der Waals surface area contributed by atoms with E-state index in [-0.39, 0.29) is 0 Å². The molecule has 0 saturated carbocycles. The van der Waals surface area contributed by atoms with Crippen molar-refractivity contribution in [3.05, 3.63) is 145 Å². The minimum absolute atomic E-state index is 0.405. The lowest BCUT2D eigenvalue weighted by Gasteiger charge is -2.11. The number of nitrogens with one attached hydrogen (secondary N) is 1. The Morgan fingerprint density at radius 1 is 0.541 bits per heavy atom. The van der Waals surface area contributed by atoms with Crippen LogP contribution < -0.4 is 5.32 Å². The summed E-state index contributed by atoms with van der Waals surface area (Å²) in [5.41, 5.74) is 9.33. The van der Waals surface area contributed by atoms with E-state index in [4.69, 9.17) is 4.99 Å². The minimum atomic E-state index is 0.405. The van der Waals surface area contributed by atoms with Gasteiger partial charge in [0, 0.05) is 5.56 Å². The summed E-state index contributed by atoms with van der Waals surface area (Å²) in [6.07, 6.45) is 0. The Labute approximate surface area is 218 Å². The molecule has 0 spiro atoms. The van der Waals surface area contributed by atoms with Crippen LogP contribution >= 0.6 is 0 Å². The fourth-order valence-electron chi connectivity index (χ4n) is 4.32. The molecule has 0 heterocycles.